The van der Waals surface area contributed by atoms with Crippen LogP contribution in [0.4, 0.5) is 5.69 Å². The number of nitrogens with zero attached hydrogens (tertiary/aromatic N) is 1. The van der Waals surface area contributed by atoms with Gasteiger partial charge in [0.2, 0.25) is 5.91 Å². The third-order valence-corrected chi connectivity index (χ3v) is 6.19. The number of carbonyl (C=O) groups is 1. The predicted molar refractivity (Wildman–Crippen MR) is 107 cm³/mol. The lowest BCUT2D eigenvalue weighted by atomic mass is 9.79. The minimum atomic E-state index is 0.0727. The van der Waals surface area contributed by atoms with Crippen LogP contribution in [-0.2, 0) is 4.79 Å². The average Bonchev–Trinajstić information content (AvgIpc) is 3.31. The zero-order chi connectivity index (χ0) is 18.1. The minimum absolute atomic E-state index is 0.0727. The number of aromatic nitrogens is 2. The maximum Gasteiger partial charge on any atom is 0.227 e. The molecule has 5 nitrogen and oxygen atoms in total. The van der Waals surface area contributed by atoms with Crippen LogP contribution < -0.4 is 11.1 Å². The van der Waals surface area contributed by atoms with Gasteiger partial charge in [0.15, 0.2) is 0 Å². The number of carbonyl (C=O) groups excluding carboxylic acids is 1. The number of nitrogens with one attached hydrogen (secondary N) is 2. The first kappa shape index (κ1) is 17.2. The van der Waals surface area contributed by atoms with Crippen molar-refractivity contribution in [2.45, 2.75) is 38.6 Å². The zero-order valence-corrected chi connectivity index (χ0v) is 15.7. The van der Waals surface area contributed by atoms with E-state index in [9.17, 15) is 4.79 Å². The van der Waals surface area contributed by atoms with Gasteiger partial charge in [0.1, 0.15) is 5.65 Å². The highest BCUT2D eigenvalue weighted by molar-refractivity contribution is 7.08. The van der Waals surface area contributed by atoms with Crippen molar-refractivity contribution in [2.24, 2.45) is 17.6 Å². The van der Waals surface area contributed by atoms with E-state index in [0.717, 1.165) is 53.7 Å². The van der Waals surface area contributed by atoms with Crippen LogP contribution in [0.5, 0.6) is 0 Å². The lowest BCUT2D eigenvalue weighted by Gasteiger charge is -2.30. The highest BCUT2D eigenvalue weighted by atomic mass is 32.1. The molecule has 0 aliphatic heterocycles. The molecule has 0 spiro atoms. The number of thiophene rings is 1. The first-order valence-electron chi connectivity index (χ1n) is 9.18. The maximum atomic E-state index is 12.8. The molecule has 4 N–H and O–H groups in total. The highest BCUT2D eigenvalue weighted by Gasteiger charge is 2.28. The Morgan fingerprint density at radius 1 is 1.35 bits per heavy atom. The topological polar surface area (TPSA) is 83.8 Å². The molecule has 1 aliphatic rings. The Hall–Kier alpha value is -2.18. The largest absolute Gasteiger partial charge is 0.339 e. The molecule has 6 heteroatoms. The van der Waals surface area contributed by atoms with Crippen molar-refractivity contribution >= 4 is 34.0 Å². The van der Waals surface area contributed by atoms with E-state index >= 15 is 0 Å². The summed E-state index contributed by atoms with van der Waals surface area (Å²) in [4.78, 5) is 20.5. The second kappa shape index (κ2) is 7.21. The van der Waals surface area contributed by atoms with Crippen molar-refractivity contribution in [1.29, 1.82) is 0 Å². The molecule has 136 valence electrons. The van der Waals surface area contributed by atoms with Crippen LogP contribution in [0.15, 0.2) is 35.2 Å². The molecule has 1 atom stereocenters. The van der Waals surface area contributed by atoms with Gasteiger partial charge in [-0.3, -0.25) is 4.79 Å². The van der Waals surface area contributed by atoms with E-state index in [1.54, 1.807) is 17.5 Å². The Kier molecular flexibility index (Phi) is 4.78. The fourth-order valence-electron chi connectivity index (χ4n) is 3.85. The maximum absolute atomic E-state index is 12.8. The van der Waals surface area contributed by atoms with Crippen LogP contribution in [0.1, 0.15) is 32.6 Å². The summed E-state index contributed by atoms with van der Waals surface area (Å²) in [6, 6.07) is 6.23. The van der Waals surface area contributed by atoms with Gasteiger partial charge in [-0.2, -0.15) is 11.3 Å². The molecule has 1 saturated carbocycles. The first-order chi connectivity index (χ1) is 12.6. The number of anilines is 1. The molecule has 3 aromatic heterocycles. The number of fused-ring (bicyclic) bond motifs is 1. The molecular formula is C20H24N4OS. The van der Waals surface area contributed by atoms with Gasteiger partial charge in [-0.05, 0) is 62.1 Å². The molecule has 1 unspecified atom stereocenters. The monoisotopic (exact) mass is 368 g/mol. The van der Waals surface area contributed by atoms with E-state index < -0.39 is 0 Å². The molecule has 1 amide bonds. The van der Waals surface area contributed by atoms with Crippen molar-refractivity contribution in [2.75, 3.05) is 5.32 Å². The average molecular weight is 369 g/mol. The van der Waals surface area contributed by atoms with E-state index in [4.69, 9.17) is 5.73 Å². The van der Waals surface area contributed by atoms with Gasteiger partial charge in [-0.1, -0.05) is 0 Å². The normalized spacial score (nSPS) is 21.6. The first-order valence-corrected chi connectivity index (χ1v) is 10.1. The summed E-state index contributed by atoms with van der Waals surface area (Å²) < 4.78 is 0. The zero-order valence-electron chi connectivity index (χ0n) is 14.9. The molecule has 0 aromatic carbocycles. The van der Waals surface area contributed by atoms with Gasteiger partial charge in [-0.15, -0.1) is 0 Å². The van der Waals surface area contributed by atoms with Gasteiger partial charge in [0.05, 0.1) is 5.69 Å². The van der Waals surface area contributed by atoms with Gasteiger partial charge in [0.25, 0.3) is 0 Å². The summed E-state index contributed by atoms with van der Waals surface area (Å²) in [6.45, 7) is 2.07. The molecule has 4 rings (SSSR count). The van der Waals surface area contributed by atoms with Crippen LogP contribution in [-0.4, -0.2) is 21.9 Å². The molecule has 3 aromatic rings. The summed E-state index contributed by atoms with van der Waals surface area (Å²) >= 11 is 1.66. The summed E-state index contributed by atoms with van der Waals surface area (Å²) in [5.74, 6) is 0.729. The molecule has 1 fully saturated rings. The Balaban J connectivity index is 1.51. The third kappa shape index (κ3) is 3.39. The number of amides is 1. The highest BCUT2D eigenvalue weighted by Crippen LogP contribution is 2.33. The lowest BCUT2D eigenvalue weighted by molar-refractivity contribution is -0.121. The fourth-order valence-corrected chi connectivity index (χ4v) is 4.51. The molecule has 3 heterocycles. The number of aromatic amines is 1. The van der Waals surface area contributed by atoms with Gasteiger partial charge < -0.3 is 16.0 Å². The quantitative estimate of drug-likeness (QED) is 0.639. The predicted octanol–water partition coefficient (Wildman–Crippen LogP) is 4.38. The summed E-state index contributed by atoms with van der Waals surface area (Å²) in [5, 5.41) is 8.23. The van der Waals surface area contributed by atoms with Crippen LogP contribution in [0.25, 0.3) is 22.3 Å². The minimum Gasteiger partial charge on any atom is -0.339 e. The molecular weight excluding hydrogens is 344 g/mol. The fraction of sp³-hybridized carbons (Fsp3) is 0.400. The Bertz CT molecular complexity index is 892. The van der Waals surface area contributed by atoms with Gasteiger partial charge >= 0.3 is 0 Å². The van der Waals surface area contributed by atoms with Crippen molar-refractivity contribution < 1.29 is 4.79 Å². The SMILES string of the molecule is CC(N)C1CCC(C(=O)Nc2ccnc3[nH]c(-c4ccsc4)cc23)CC1. The number of hydrogen-bond acceptors (Lipinski definition) is 4. The molecule has 26 heavy (non-hydrogen) atoms. The Labute approximate surface area is 157 Å². The molecule has 0 bridgehead atoms. The molecule has 0 radical (unpaired) electrons. The van der Waals surface area contributed by atoms with E-state index in [0.29, 0.717) is 5.92 Å². The van der Waals surface area contributed by atoms with Crippen LogP contribution in [0, 0.1) is 11.8 Å². The standard InChI is InChI=1S/C20H24N4OS/c1-12(21)13-2-4-14(5-3-13)20(25)24-17-6-8-22-19-16(17)10-18(23-19)15-7-9-26-11-15/h6-14H,2-5,21H2,1H3,(H2,22,23,24,25). The van der Waals surface area contributed by atoms with Crippen molar-refractivity contribution in [3.63, 3.8) is 0 Å². The lowest BCUT2D eigenvalue weighted by Crippen LogP contribution is -2.33. The number of hydrogen-bond donors (Lipinski definition) is 3. The summed E-state index contributed by atoms with van der Waals surface area (Å²) in [7, 11) is 0. The Morgan fingerprint density at radius 2 is 2.15 bits per heavy atom. The smallest absolute Gasteiger partial charge is 0.227 e. The van der Waals surface area contributed by atoms with Crippen LogP contribution >= 0.6 is 11.3 Å². The van der Waals surface area contributed by atoms with Crippen molar-refractivity contribution in [3.8, 4) is 11.3 Å². The van der Waals surface area contributed by atoms with Crippen LogP contribution in [0.3, 0.4) is 0 Å². The number of rotatable bonds is 4. The Morgan fingerprint density at radius 3 is 2.85 bits per heavy atom. The van der Waals surface area contributed by atoms with E-state index in [1.165, 1.54) is 0 Å². The third-order valence-electron chi connectivity index (χ3n) is 5.51. The molecule has 1 aliphatic carbocycles. The van der Waals surface area contributed by atoms with E-state index in [2.05, 4.69) is 45.1 Å². The van der Waals surface area contributed by atoms with Gasteiger partial charge in [0, 0.05) is 40.2 Å². The van der Waals surface area contributed by atoms with E-state index in [1.807, 2.05) is 6.07 Å². The van der Waals surface area contributed by atoms with E-state index in [-0.39, 0.29) is 17.9 Å². The van der Waals surface area contributed by atoms with Crippen LogP contribution in [0.2, 0.25) is 0 Å². The van der Waals surface area contributed by atoms with Gasteiger partial charge in [-0.25, -0.2) is 4.98 Å². The van der Waals surface area contributed by atoms with Crippen molar-refractivity contribution in [1.82, 2.24) is 9.97 Å². The number of nitrogens with two attached hydrogens (primary N) is 1. The number of H-pyrrole nitrogens is 1. The summed E-state index contributed by atoms with van der Waals surface area (Å²) in [6.07, 6.45) is 5.64. The molecule has 0 saturated heterocycles. The second-order valence-corrected chi connectivity index (χ2v) is 8.06. The second-order valence-electron chi connectivity index (χ2n) is 7.28. The number of pyridine rings is 1. The summed E-state index contributed by atoms with van der Waals surface area (Å²) in [5.41, 5.74) is 9.79. The van der Waals surface area contributed by atoms with Crippen molar-refractivity contribution in [3.05, 3.63) is 35.2 Å².